The van der Waals surface area contributed by atoms with Gasteiger partial charge in [0.25, 0.3) is 0 Å². The van der Waals surface area contributed by atoms with Crippen LogP contribution in [0.1, 0.15) is 24.8 Å². The number of nitrogens with one attached hydrogen (secondary N) is 2. The Bertz CT molecular complexity index is 1020. The van der Waals surface area contributed by atoms with E-state index in [0.29, 0.717) is 23.5 Å². The molecule has 8 nitrogen and oxygen atoms in total. The number of hydrogen-bond acceptors (Lipinski definition) is 8. The number of ether oxygens (including phenoxy) is 1. The normalized spacial score (nSPS) is 13.9. The second kappa shape index (κ2) is 9.84. The average molecular weight is 421 g/mol. The molecule has 0 unspecified atom stereocenters. The lowest BCUT2D eigenvalue weighted by Gasteiger charge is -2.26. The van der Waals surface area contributed by atoms with Crippen molar-refractivity contribution in [3.63, 3.8) is 0 Å². The van der Waals surface area contributed by atoms with Gasteiger partial charge in [-0.1, -0.05) is 0 Å². The van der Waals surface area contributed by atoms with Crippen LogP contribution in [0.3, 0.4) is 0 Å². The average Bonchev–Trinajstić information content (AvgIpc) is 2.81. The molecule has 1 aromatic heterocycles. The van der Waals surface area contributed by atoms with Gasteiger partial charge in [-0.15, -0.1) is 0 Å². The van der Waals surface area contributed by atoms with E-state index in [-0.39, 0.29) is 5.82 Å². The van der Waals surface area contributed by atoms with E-state index in [0.717, 1.165) is 37.2 Å². The minimum Gasteiger partial charge on any atom is -0.497 e. The number of halogens is 1. The first-order chi connectivity index (χ1) is 15.2. The lowest BCUT2D eigenvalue weighted by Crippen LogP contribution is -2.31. The Balaban J connectivity index is 1.54. The Hall–Kier alpha value is -3.75. The molecule has 4 rings (SSSR count). The Morgan fingerprint density at radius 2 is 1.65 bits per heavy atom. The van der Waals surface area contributed by atoms with Crippen LogP contribution in [-0.2, 0) is 0 Å². The molecule has 2 aromatic carbocycles. The summed E-state index contributed by atoms with van der Waals surface area (Å²) in [5, 5.41) is 7.36. The minimum absolute atomic E-state index is 0.301. The van der Waals surface area contributed by atoms with Crippen molar-refractivity contribution in [3.05, 3.63) is 59.9 Å². The quantitative estimate of drug-likeness (QED) is 0.437. The summed E-state index contributed by atoms with van der Waals surface area (Å²) in [4.78, 5) is 15.6. The molecule has 1 aliphatic rings. The second-order valence-electron chi connectivity index (χ2n) is 7.11. The molecule has 0 saturated carbocycles. The van der Waals surface area contributed by atoms with E-state index in [1.165, 1.54) is 18.6 Å². The molecule has 31 heavy (non-hydrogen) atoms. The van der Waals surface area contributed by atoms with E-state index >= 15 is 0 Å². The number of benzene rings is 2. The maximum Gasteiger partial charge on any atom is 0.250 e. The molecule has 0 spiro atoms. The minimum atomic E-state index is -0.301. The van der Waals surface area contributed by atoms with Crippen molar-refractivity contribution >= 4 is 29.7 Å². The Morgan fingerprint density at radius 3 is 2.35 bits per heavy atom. The van der Waals surface area contributed by atoms with Crippen molar-refractivity contribution in [1.82, 2.24) is 15.0 Å². The van der Waals surface area contributed by atoms with Crippen molar-refractivity contribution in [2.75, 3.05) is 35.8 Å². The van der Waals surface area contributed by atoms with Crippen LogP contribution in [0.2, 0.25) is 0 Å². The van der Waals surface area contributed by atoms with Gasteiger partial charge < -0.3 is 15.0 Å². The molecule has 2 heterocycles. The Labute approximate surface area is 180 Å². The predicted octanol–water partition coefficient (Wildman–Crippen LogP) is 4.20. The lowest BCUT2D eigenvalue weighted by molar-refractivity contribution is 0.415. The van der Waals surface area contributed by atoms with Gasteiger partial charge >= 0.3 is 0 Å². The third kappa shape index (κ3) is 5.65. The molecule has 160 valence electrons. The van der Waals surface area contributed by atoms with Crippen molar-refractivity contribution in [1.29, 1.82) is 0 Å². The Morgan fingerprint density at radius 1 is 0.935 bits per heavy atom. The summed E-state index contributed by atoms with van der Waals surface area (Å²) in [6.45, 7) is 1.79. The number of anilines is 4. The third-order valence-corrected chi connectivity index (χ3v) is 4.86. The van der Waals surface area contributed by atoms with E-state index in [1.807, 2.05) is 24.3 Å². The van der Waals surface area contributed by atoms with E-state index in [2.05, 4.69) is 35.7 Å². The number of aromatic nitrogens is 3. The first-order valence-electron chi connectivity index (χ1n) is 10.2. The SMILES string of the molecule is COc1ccc(C=NNc2nc(Nc3ccc(F)cc3)nc(N3CCCCC3)n2)cc1. The number of nitrogens with zero attached hydrogens (tertiary/aromatic N) is 5. The van der Waals surface area contributed by atoms with Crippen molar-refractivity contribution < 1.29 is 9.13 Å². The molecule has 9 heteroatoms. The zero-order valence-electron chi connectivity index (χ0n) is 17.3. The zero-order chi connectivity index (χ0) is 21.5. The molecule has 0 aliphatic carbocycles. The molecular formula is C22H24FN7O. The summed E-state index contributed by atoms with van der Waals surface area (Å²) in [7, 11) is 1.63. The molecule has 0 amide bonds. The monoisotopic (exact) mass is 421 g/mol. The fourth-order valence-corrected chi connectivity index (χ4v) is 3.22. The number of hydrazone groups is 1. The maximum atomic E-state index is 13.2. The number of hydrogen-bond donors (Lipinski definition) is 2. The molecule has 2 N–H and O–H groups in total. The van der Waals surface area contributed by atoms with Gasteiger partial charge in [0.2, 0.25) is 17.8 Å². The molecule has 0 atom stereocenters. The molecular weight excluding hydrogens is 397 g/mol. The van der Waals surface area contributed by atoms with Gasteiger partial charge in [-0.05, 0) is 73.4 Å². The highest BCUT2D eigenvalue weighted by Gasteiger charge is 2.16. The molecule has 1 saturated heterocycles. The van der Waals surface area contributed by atoms with Gasteiger partial charge in [0.15, 0.2) is 0 Å². The van der Waals surface area contributed by atoms with Crippen LogP contribution in [0, 0.1) is 5.82 Å². The number of methoxy groups -OCH3 is 1. The standard InChI is InChI=1S/C22H24FN7O/c1-31-19-11-5-16(6-12-19)15-24-29-21-26-20(25-18-9-7-17(23)8-10-18)27-22(28-21)30-13-3-2-4-14-30/h5-12,15H,2-4,13-14H2,1H3,(H2,25,26,27,28,29). The first kappa shape index (κ1) is 20.5. The van der Waals surface area contributed by atoms with Gasteiger partial charge in [-0.2, -0.15) is 20.1 Å². The number of piperidine rings is 1. The van der Waals surface area contributed by atoms with Crippen LogP contribution in [0.4, 0.5) is 27.9 Å². The third-order valence-electron chi connectivity index (χ3n) is 4.86. The fraction of sp³-hybridized carbons (Fsp3) is 0.273. The van der Waals surface area contributed by atoms with Crippen LogP contribution in [-0.4, -0.2) is 41.4 Å². The molecule has 0 bridgehead atoms. The second-order valence-corrected chi connectivity index (χ2v) is 7.11. The highest BCUT2D eigenvalue weighted by atomic mass is 19.1. The first-order valence-corrected chi connectivity index (χ1v) is 10.2. The van der Waals surface area contributed by atoms with Crippen LogP contribution >= 0.6 is 0 Å². The van der Waals surface area contributed by atoms with Gasteiger partial charge in [0, 0.05) is 18.8 Å². The smallest absolute Gasteiger partial charge is 0.250 e. The van der Waals surface area contributed by atoms with Crippen LogP contribution in [0.15, 0.2) is 53.6 Å². The topological polar surface area (TPSA) is 87.6 Å². The highest BCUT2D eigenvalue weighted by molar-refractivity contribution is 5.80. The summed E-state index contributed by atoms with van der Waals surface area (Å²) < 4.78 is 18.4. The maximum absolute atomic E-state index is 13.2. The van der Waals surface area contributed by atoms with E-state index in [4.69, 9.17) is 4.74 Å². The van der Waals surface area contributed by atoms with Crippen molar-refractivity contribution in [2.45, 2.75) is 19.3 Å². The highest BCUT2D eigenvalue weighted by Crippen LogP contribution is 2.21. The lowest BCUT2D eigenvalue weighted by atomic mass is 10.1. The van der Waals surface area contributed by atoms with Crippen molar-refractivity contribution in [2.24, 2.45) is 5.10 Å². The van der Waals surface area contributed by atoms with Gasteiger partial charge in [-0.25, -0.2) is 9.82 Å². The van der Waals surface area contributed by atoms with E-state index in [1.54, 1.807) is 25.5 Å². The largest absolute Gasteiger partial charge is 0.497 e. The summed E-state index contributed by atoms with van der Waals surface area (Å²) >= 11 is 0. The van der Waals surface area contributed by atoms with E-state index < -0.39 is 0 Å². The van der Waals surface area contributed by atoms with Crippen LogP contribution in [0.5, 0.6) is 5.75 Å². The number of rotatable bonds is 7. The van der Waals surface area contributed by atoms with Gasteiger partial charge in [0.1, 0.15) is 11.6 Å². The summed E-state index contributed by atoms with van der Waals surface area (Å²) in [6, 6.07) is 13.6. The molecule has 0 radical (unpaired) electrons. The summed E-state index contributed by atoms with van der Waals surface area (Å²) in [5.41, 5.74) is 4.48. The predicted molar refractivity (Wildman–Crippen MR) is 120 cm³/mol. The molecule has 3 aromatic rings. The Kier molecular flexibility index (Phi) is 6.51. The molecule has 1 fully saturated rings. The van der Waals surface area contributed by atoms with E-state index in [9.17, 15) is 4.39 Å². The zero-order valence-corrected chi connectivity index (χ0v) is 17.3. The van der Waals surface area contributed by atoms with Gasteiger partial charge in [0.05, 0.1) is 13.3 Å². The van der Waals surface area contributed by atoms with Crippen molar-refractivity contribution in [3.8, 4) is 5.75 Å². The fourth-order valence-electron chi connectivity index (χ4n) is 3.22. The van der Waals surface area contributed by atoms with Gasteiger partial charge in [-0.3, -0.25) is 0 Å². The summed E-state index contributed by atoms with van der Waals surface area (Å²) in [5.74, 6) is 1.76. The van der Waals surface area contributed by atoms with Crippen LogP contribution in [0.25, 0.3) is 0 Å². The van der Waals surface area contributed by atoms with Crippen LogP contribution < -0.4 is 20.4 Å². The molecule has 1 aliphatic heterocycles. The summed E-state index contributed by atoms with van der Waals surface area (Å²) in [6.07, 6.45) is 5.09.